The lowest BCUT2D eigenvalue weighted by molar-refractivity contribution is 0.0182. The minimum absolute atomic E-state index is 0.0981. The van der Waals surface area contributed by atoms with Crippen LogP contribution in [0.1, 0.15) is 40.6 Å². The van der Waals surface area contributed by atoms with Gasteiger partial charge in [0.1, 0.15) is 12.4 Å². The van der Waals surface area contributed by atoms with E-state index in [9.17, 15) is 13.6 Å². The fourth-order valence-corrected chi connectivity index (χ4v) is 1.72. The second kappa shape index (κ2) is 6.01. The summed E-state index contributed by atoms with van der Waals surface area (Å²) in [5.74, 6) is -0.418. The largest absolute Gasteiger partial charge is 0.478 e. The number of carboxylic acid groups (broad SMARTS) is 1. The Morgan fingerprint density at radius 2 is 2.26 bits per heavy atom. The van der Waals surface area contributed by atoms with Crippen molar-refractivity contribution in [1.82, 2.24) is 9.97 Å². The smallest absolute Gasteiger partial charge is 0.339 e. The molecule has 1 aliphatic carbocycles. The monoisotopic (exact) mass is 272 g/mol. The Morgan fingerprint density at radius 1 is 1.53 bits per heavy atom. The predicted molar refractivity (Wildman–Crippen MR) is 61.5 cm³/mol. The molecule has 1 saturated carbocycles. The molecule has 5 nitrogen and oxygen atoms in total. The highest BCUT2D eigenvalue weighted by Gasteiger charge is 2.30. The fourth-order valence-electron chi connectivity index (χ4n) is 1.72. The number of halogens is 2. The Kier molecular flexibility index (Phi) is 4.36. The first-order chi connectivity index (χ1) is 9.08. The van der Waals surface area contributed by atoms with Crippen LogP contribution < -0.4 is 0 Å². The zero-order valence-electron chi connectivity index (χ0n) is 10.2. The van der Waals surface area contributed by atoms with Gasteiger partial charge < -0.3 is 9.84 Å². The van der Waals surface area contributed by atoms with Crippen LogP contribution in [0.15, 0.2) is 6.20 Å². The Labute approximate surface area is 108 Å². The zero-order valence-corrected chi connectivity index (χ0v) is 10.2. The van der Waals surface area contributed by atoms with Crippen LogP contribution in [0, 0.1) is 0 Å². The van der Waals surface area contributed by atoms with Crippen LogP contribution in [-0.4, -0.2) is 40.7 Å². The molecule has 1 aromatic heterocycles. The number of alkyl halides is 2. The fraction of sp³-hybridized carbons (Fsp3) is 0.583. The summed E-state index contributed by atoms with van der Waals surface area (Å²) < 4.78 is 28.5. The maximum absolute atomic E-state index is 11.9. The molecule has 1 aromatic rings. The highest BCUT2D eigenvalue weighted by Crippen LogP contribution is 2.40. The maximum Gasteiger partial charge on any atom is 0.339 e. The quantitative estimate of drug-likeness (QED) is 0.767. The lowest BCUT2D eigenvalue weighted by atomic mass is 10.1. The summed E-state index contributed by atoms with van der Waals surface area (Å²) in [5.41, 5.74) is 0.672. The van der Waals surface area contributed by atoms with Gasteiger partial charge in [0.05, 0.1) is 17.9 Å². The van der Waals surface area contributed by atoms with E-state index in [2.05, 4.69) is 9.97 Å². The number of aromatic carboxylic acids is 1. The number of carboxylic acids is 1. The molecular weight excluding hydrogens is 258 g/mol. The van der Waals surface area contributed by atoms with E-state index in [1.165, 1.54) is 6.20 Å². The van der Waals surface area contributed by atoms with E-state index in [1.54, 1.807) is 0 Å². The van der Waals surface area contributed by atoms with Crippen LogP contribution in [0.4, 0.5) is 8.78 Å². The number of aromatic nitrogens is 2. The van der Waals surface area contributed by atoms with E-state index in [0.717, 1.165) is 12.8 Å². The molecule has 0 saturated heterocycles. The first kappa shape index (κ1) is 13.8. The second-order valence-corrected chi connectivity index (χ2v) is 4.38. The van der Waals surface area contributed by atoms with Gasteiger partial charge in [-0.2, -0.15) is 0 Å². The molecule has 1 heterocycles. The van der Waals surface area contributed by atoms with Gasteiger partial charge in [-0.1, -0.05) is 0 Å². The van der Waals surface area contributed by atoms with E-state index in [1.807, 2.05) is 0 Å². The van der Waals surface area contributed by atoms with Crippen molar-refractivity contribution in [1.29, 1.82) is 0 Å². The summed E-state index contributed by atoms with van der Waals surface area (Å²) in [5, 5.41) is 9.02. The highest BCUT2D eigenvalue weighted by atomic mass is 19.3. The Hall–Kier alpha value is -1.63. The predicted octanol–water partition coefficient (Wildman–Crippen LogP) is 1.88. The number of carbonyl (C=O) groups is 1. The first-order valence-corrected chi connectivity index (χ1v) is 6.03. The topological polar surface area (TPSA) is 72.3 Å². The Bertz CT molecular complexity index is 464. The van der Waals surface area contributed by atoms with Crippen LogP contribution in [0.5, 0.6) is 0 Å². The van der Waals surface area contributed by atoms with Crippen LogP contribution in [0.25, 0.3) is 0 Å². The summed E-state index contributed by atoms with van der Waals surface area (Å²) in [6.45, 7) is -0.510. The van der Waals surface area contributed by atoms with Gasteiger partial charge in [0.2, 0.25) is 0 Å². The van der Waals surface area contributed by atoms with Crippen molar-refractivity contribution in [3.63, 3.8) is 0 Å². The molecule has 0 spiro atoms. The van der Waals surface area contributed by atoms with Crippen LogP contribution >= 0.6 is 0 Å². The summed E-state index contributed by atoms with van der Waals surface area (Å²) in [7, 11) is 0. The van der Waals surface area contributed by atoms with Crippen molar-refractivity contribution >= 4 is 5.97 Å². The minimum atomic E-state index is -2.49. The van der Waals surface area contributed by atoms with E-state index < -0.39 is 19.0 Å². The number of hydrogen-bond donors (Lipinski definition) is 1. The molecule has 0 bridgehead atoms. The molecule has 0 radical (unpaired) electrons. The van der Waals surface area contributed by atoms with Gasteiger partial charge in [0, 0.05) is 18.5 Å². The third kappa shape index (κ3) is 3.92. The van der Waals surface area contributed by atoms with Crippen molar-refractivity contribution in [3.05, 3.63) is 23.3 Å². The van der Waals surface area contributed by atoms with E-state index in [-0.39, 0.29) is 18.1 Å². The average molecular weight is 272 g/mol. The van der Waals surface area contributed by atoms with Gasteiger partial charge in [-0.15, -0.1) is 0 Å². The van der Waals surface area contributed by atoms with E-state index in [0.29, 0.717) is 17.9 Å². The molecular formula is C12H14F2N2O3. The highest BCUT2D eigenvalue weighted by molar-refractivity contribution is 5.88. The molecule has 0 aliphatic heterocycles. The normalized spacial score (nSPS) is 14.9. The van der Waals surface area contributed by atoms with Gasteiger partial charge in [-0.05, 0) is 12.8 Å². The van der Waals surface area contributed by atoms with Crippen molar-refractivity contribution in [3.8, 4) is 0 Å². The molecule has 1 N–H and O–H groups in total. The summed E-state index contributed by atoms with van der Waals surface area (Å²) in [6, 6.07) is 0. The molecule has 0 aromatic carbocycles. The van der Waals surface area contributed by atoms with Gasteiger partial charge >= 0.3 is 5.97 Å². The summed E-state index contributed by atoms with van der Waals surface area (Å²) >= 11 is 0. The van der Waals surface area contributed by atoms with E-state index >= 15 is 0 Å². The van der Waals surface area contributed by atoms with Crippen molar-refractivity contribution in [2.45, 2.75) is 31.6 Å². The summed E-state index contributed by atoms with van der Waals surface area (Å²) in [6.07, 6.45) is 0.951. The first-order valence-electron chi connectivity index (χ1n) is 6.03. The summed E-state index contributed by atoms with van der Waals surface area (Å²) in [4.78, 5) is 19.2. The third-order valence-corrected chi connectivity index (χ3v) is 2.78. The third-order valence-electron chi connectivity index (χ3n) is 2.78. The number of ether oxygens (including phenoxy) is 1. The molecule has 19 heavy (non-hydrogen) atoms. The van der Waals surface area contributed by atoms with Crippen LogP contribution in [0.2, 0.25) is 0 Å². The second-order valence-electron chi connectivity index (χ2n) is 4.38. The van der Waals surface area contributed by atoms with Gasteiger partial charge in [0.15, 0.2) is 0 Å². The Balaban J connectivity index is 1.98. The van der Waals surface area contributed by atoms with Gasteiger partial charge in [0.25, 0.3) is 6.43 Å². The lowest BCUT2D eigenvalue weighted by Crippen LogP contribution is -2.12. The van der Waals surface area contributed by atoms with Crippen molar-refractivity contribution in [2.24, 2.45) is 0 Å². The Morgan fingerprint density at radius 3 is 2.84 bits per heavy atom. The molecule has 0 unspecified atom stereocenters. The standard InChI is InChI=1S/C12H14F2N2O3/c13-9(14)6-19-4-3-10-15-5-8(12(17)18)11(16-10)7-1-2-7/h5,7,9H,1-4,6H2,(H,17,18). The van der Waals surface area contributed by atoms with Crippen LogP contribution in [0.3, 0.4) is 0 Å². The SMILES string of the molecule is O=C(O)c1cnc(CCOCC(F)F)nc1C1CC1. The molecule has 2 rings (SSSR count). The average Bonchev–Trinajstić information content (AvgIpc) is 3.18. The molecule has 0 amide bonds. The number of hydrogen-bond acceptors (Lipinski definition) is 4. The minimum Gasteiger partial charge on any atom is -0.478 e. The van der Waals surface area contributed by atoms with Crippen molar-refractivity contribution < 1.29 is 23.4 Å². The molecule has 1 fully saturated rings. The number of rotatable bonds is 7. The number of nitrogens with zero attached hydrogens (tertiary/aromatic N) is 2. The lowest BCUT2D eigenvalue weighted by Gasteiger charge is -2.07. The van der Waals surface area contributed by atoms with Crippen molar-refractivity contribution in [2.75, 3.05) is 13.2 Å². The zero-order chi connectivity index (χ0) is 13.8. The molecule has 104 valence electrons. The van der Waals surface area contributed by atoms with E-state index in [4.69, 9.17) is 9.84 Å². The molecule has 0 atom stereocenters. The van der Waals surface area contributed by atoms with Gasteiger partial charge in [-0.25, -0.2) is 23.5 Å². The van der Waals surface area contributed by atoms with Crippen LogP contribution in [-0.2, 0) is 11.2 Å². The van der Waals surface area contributed by atoms with Gasteiger partial charge in [-0.3, -0.25) is 0 Å². The molecule has 7 heteroatoms. The maximum atomic E-state index is 11.9. The molecule has 1 aliphatic rings.